The van der Waals surface area contributed by atoms with Gasteiger partial charge < -0.3 is 20.8 Å². The molecule has 0 bridgehead atoms. The van der Waals surface area contributed by atoms with Gasteiger partial charge in [0, 0.05) is 30.6 Å². The summed E-state index contributed by atoms with van der Waals surface area (Å²) in [6, 6.07) is -0.794. The minimum Gasteiger partial charge on any atom is -0.480 e. The zero-order chi connectivity index (χ0) is 19.1. The van der Waals surface area contributed by atoms with Crippen molar-refractivity contribution in [3.05, 3.63) is 0 Å². The van der Waals surface area contributed by atoms with E-state index < -0.39 is 18.2 Å². The molecular formula is C18H39N3O3. The highest BCUT2D eigenvalue weighted by Gasteiger charge is 2.29. The first-order valence-electron chi connectivity index (χ1n) is 8.88. The van der Waals surface area contributed by atoms with Gasteiger partial charge in [0.1, 0.15) is 12.3 Å². The lowest BCUT2D eigenvalue weighted by atomic mass is 9.93. The number of likely N-dealkylation sites (N-methyl/N-ethyl adjacent to an activating group) is 1. The van der Waals surface area contributed by atoms with Crippen LogP contribution in [0.1, 0.15) is 60.8 Å². The Labute approximate surface area is 148 Å². The number of nitrogens with two attached hydrogens (primary N) is 1. The summed E-state index contributed by atoms with van der Waals surface area (Å²) < 4.78 is 0. The van der Waals surface area contributed by atoms with Crippen LogP contribution in [0.5, 0.6) is 0 Å². The molecule has 0 heterocycles. The molecule has 0 spiro atoms. The van der Waals surface area contributed by atoms with Crippen molar-refractivity contribution in [1.82, 2.24) is 9.80 Å². The largest absolute Gasteiger partial charge is 0.480 e. The van der Waals surface area contributed by atoms with Crippen LogP contribution in [-0.4, -0.2) is 70.5 Å². The normalized spacial score (nSPS) is 15.8. The summed E-state index contributed by atoms with van der Waals surface area (Å²) in [5.41, 5.74) is 5.40. The Morgan fingerprint density at radius 3 is 2.00 bits per heavy atom. The number of rotatable bonds is 10. The van der Waals surface area contributed by atoms with Gasteiger partial charge in [0.25, 0.3) is 0 Å². The Kier molecular flexibility index (Phi) is 9.43. The Balaban J connectivity index is 4.58. The van der Waals surface area contributed by atoms with E-state index in [1.54, 1.807) is 0 Å². The monoisotopic (exact) mass is 345 g/mol. The van der Waals surface area contributed by atoms with E-state index in [2.05, 4.69) is 37.6 Å². The van der Waals surface area contributed by atoms with Gasteiger partial charge in [0.05, 0.1) is 0 Å². The SMILES string of the molecule is CN(CCN(CCCC[C@H](N)C(=O)O)C(O)C(C)(C)C)C(C)(C)C. The fourth-order valence-corrected chi connectivity index (χ4v) is 2.32. The van der Waals surface area contributed by atoms with Crippen LogP contribution < -0.4 is 5.73 Å². The second-order valence-corrected chi connectivity index (χ2v) is 8.81. The lowest BCUT2D eigenvalue weighted by Crippen LogP contribution is -2.49. The maximum absolute atomic E-state index is 10.8. The maximum Gasteiger partial charge on any atom is 0.320 e. The summed E-state index contributed by atoms with van der Waals surface area (Å²) in [6.45, 7) is 15.0. The van der Waals surface area contributed by atoms with E-state index in [0.29, 0.717) is 6.42 Å². The molecule has 6 heteroatoms. The molecule has 0 aromatic rings. The molecule has 0 amide bonds. The lowest BCUT2D eigenvalue weighted by molar-refractivity contribution is -0.138. The number of aliphatic hydroxyl groups excluding tert-OH is 1. The van der Waals surface area contributed by atoms with Gasteiger partial charge >= 0.3 is 5.97 Å². The Bertz CT molecular complexity index is 375. The van der Waals surface area contributed by atoms with Crippen molar-refractivity contribution < 1.29 is 15.0 Å². The van der Waals surface area contributed by atoms with Crippen LogP contribution in [0.3, 0.4) is 0 Å². The standard InChI is InChI=1S/C18H39N3O3/c1-17(2,3)16(24)21(13-12-20(7)18(4,5)6)11-9-8-10-14(19)15(22)23/h14,16,24H,8-13,19H2,1-7H3,(H,22,23)/t14-,16?/m0/s1. The van der Waals surface area contributed by atoms with Gasteiger partial charge in [-0.25, -0.2) is 0 Å². The number of aliphatic hydroxyl groups is 1. The van der Waals surface area contributed by atoms with Gasteiger partial charge in [0.2, 0.25) is 0 Å². The van der Waals surface area contributed by atoms with Crippen molar-refractivity contribution in [2.75, 3.05) is 26.7 Å². The van der Waals surface area contributed by atoms with E-state index in [9.17, 15) is 9.90 Å². The van der Waals surface area contributed by atoms with Crippen molar-refractivity contribution in [2.45, 2.75) is 78.6 Å². The molecule has 0 aromatic heterocycles. The number of carbonyl (C=O) groups is 1. The predicted octanol–water partition coefficient (Wildman–Crippen LogP) is 1.97. The fourth-order valence-electron chi connectivity index (χ4n) is 2.32. The third kappa shape index (κ3) is 8.97. The fraction of sp³-hybridized carbons (Fsp3) is 0.944. The van der Waals surface area contributed by atoms with Crippen molar-refractivity contribution in [2.24, 2.45) is 11.1 Å². The average molecular weight is 346 g/mol. The third-order valence-corrected chi connectivity index (χ3v) is 4.52. The number of hydrogen-bond donors (Lipinski definition) is 3. The molecule has 24 heavy (non-hydrogen) atoms. The number of carboxylic acids is 1. The van der Waals surface area contributed by atoms with Gasteiger partial charge in [-0.05, 0) is 40.7 Å². The smallest absolute Gasteiger partial charge is 0.320 e. The molecule has 0 aliphatic heterocycles. The quantitative estimate of drug-likeness (QED) is 0.414. The molecule has 6 nitrogen and oxygen atoms in total. The van der Waals surface area contributed by atoms with Gasteiger partial charge in [0.15, 0.2) is 0 Å². The van der Waals surface area contributed by atoms with E-state index in [0.717, 1.165) is 32.5 Å². The van der Waals surface area contributed by atoms with Crippen LogP contribution in [0.15, 0.2) is 0 Å². The van der Waals surface area contributed by atoms with E-state index in [-0.39, 0.29) is 11.0 Å². The molecule has 0 fully saturated rings. The first-order valence-corrected chi connectivity index (χ1v) is 8.88. The Morgan fingerprint density at radius 1 is 1.04 bits per heavy atom. The molecule has 0 rings (SSSR count). The van der Waals surface area contributed by atoms with Gasteiger partial charge in [-0.1, -0.05) is 27.2 Å². The molecule has 144 valence electrons. The number of aliphatic carboxylic acids is 1. The molecule has 0 radical (unpaired) electrons. The maximum atomic E-state index is 10.8. The zero-order valence-electron chi connectivity index (χ0n) is 16.7. The number of hydrogen-bond acceptors (Lipinski definition) is 5. The van der Waals surface area contributed by atoms with E-state index in [4.69, 9.17) is 10.8 Å². The molecule has 0 saturated carbocycles. The van der Waals surface area contributed by atoms with Crippen LogP contribution in [0, 0.1) is 5.41 Å². The number of carboxylic acid groups (broad SMARTS) is 1. The average Bonchev–Trinajstić information content (AvgIpc) is 2.42. The Hall–Kier alpha value is -0.690. The minimum atomic E-state index is -0.951. The predicted molar refractivity (Wildman–Crippen MR) is 98.9 cm³/mol. The first-order chi connectivity index (χ1) is 10.8. The van der Waals surface area contributed by atoms with Crippen molar-refractivity contribution in [3.8, 4) is 0 Å². The lowest BCUT2D eigenvalue weighted by Gasteiger charge is -2.39. The van der Waals surface area contributed by atoms with Crippen LogP contribution >= 0.6 is 0 Å². The van der Waals surface area contributed by atoms with E-state index in [1.165, 1.54) is 0 Å². The number of unbranched alkanes of at least 4 members (excludes halogenated alkanes) is 1. The molecule has 0 aromatic carbocycles. The van der Waals surface area contributed by atoms with Crippen LogP contribution in [0.25, 0.3) is 0 Å². The second kappa shape index (κ2) is 9.70. The van der Waals surface area contributed by atoms with Crippen molar-refractivity contribution in [1.29, 1.82) is 0 Å². The van der Waals surface area contributed by atoms with Crippen LogP contribution in [-0.2, 0) is 4.79 Å². The second-order valence-electron chi connectivity index (χ2n) is 8.81. The molecule has 4 N–H and O–H groups in total. The minimum absolute atomic E-state index is 0.0899. The highest BCUT2D eigenvalue weighted by Crippen LogP contribution is 2.23. The van der Waals surface area contributed by atoms with E-state index in [1.807, 2.05) is 20.8 Å². The summed E-state index contributed by atoms with van der Waals surface area (Å²) in [7, 11) is 2.09. The molecule has 0 aliphatic carbocycles. The van der Waals surface area contributed by atoms with Crippen molar-refractivity contribution in [3.63, 3.8) is 0 Å². The van der Waals surface area contributed by atoms with Gasteiger partial charge in [-0.2, -0.15) is 0 Å². The highest BCUT2D eigenvalue weighted by atomic mass is 16.4. The van der Waals surface area contributed by atoms with Gasteiger partial charge in [-0.3, -0.25) is 9.69 Å². The summed E-state index contributed by atoms with van der Waals surface area (Å²) in [5, 5.41) is 19.5. The molecule has 2 atom stereocenters. The number of nitrogens with zero attached hydrogens (tertiary/aromatic N) is 2. The van der Waals surface area contributed by atoms with Crippen molar-refractivity contribution >= 4 is 5.97 Å². The summed E-state index contributed by atoms with van der Waals surface area (Å²) >= 11 is 0. The Morgan fingerprint density at radius 2 is 1.58 bits per heavy atom. The first kappa shape index (κ1) is 23.3. The van der Waals surface area contributed by atoms with Crippen LogP contribution in [0.4, 0.5) is 0 Å². The summed E-state index contributed by atoms with van der Waals surface area (Å²) in [6.07, 6.45) is 1.51. The van der Waals surface area contributed by atoms with Crippen LogP contribution in [0.2, 0.25) is 0 Å². The molecule has 0 aliphatic rings. The van der Waals surface area contributed by atoms with Gasteiger partial charge in [-0.15, -0.1) is 0 Å². The molecular weight excluding hydrogens is 306 g/mol. The summed E-state index contributed by atoms with van der Waals surface area (Å²) in [4.78, 5) is 15.1. The van der Waals surface area contributed by atoms with E-state index >= 15 is 0 Å². The molecule has 1 unspecified atom stereocenters. The summed E-state index contributed by atoms with van der Waals surface area (Å²) in [5.74, 6) is -0.951. The topological polar surface area (TPSA) is 90.0 Å². The third-order valence-electron chi connectivity index (χ3n) is 4.52. The zero-order valence-corrected chi connectivity index (χ0v) is 16.7. The molecule has 0 saturated heterocycles. The highest BCUT2D eigenvalue weighted by molar-refractivity contribution is 5.72.